The third-order valence-corrected chi connectivity index (χ3v) is 5.66. The summed E-state index contributed by atoms with van der Waals surface area (Å²) in [5.74, 6) is 0.907. The van der Waals surface area contributed by atoms with Crippen LogP contribution in [-0.4, -0.2) is 40.0 Å². The quantitative estimate of drug-likeness (QED) is 0.558. The lowest BCUT2D eigenvalue weighted by atomic mass is 9.98. The standard InChI is InChI=1S/C22H25FN6O3/c1-11(2)18(19-12(3)16-6-14(23)4-5-17(16)32-19)28-22(31)27-15-7-25-20(26-8-15)13-9-29(10-13)21(24)30/h4-8,11,13,18H,9-10H2,1-3H3,(H2,24,30)(H2,27,28,31)/t18-/m0/s1. The second-order valence-corrected chi connectivity index (χ2v) is 8.32. The Balaban J connectivity index is 1.43. The first-order valence-electron chi connectivity index (χ1n) is 10.3. The van der Waals surface area contributed by atoms with E-state index in [4.69, 9.17) is 10.2 Å². The predicted octanol–water partition coefficient (Wildman–Crippen LogP) is 3.67. The Morgan fingerprint density at radius 2 is 1.94 bits per heavy atom. The summed E-state index contributed by atoms with van der Waals surface area (Å²) >= 11 is 0. The molecule has 1 saturated heterocycles. The molecule has 32 heavy (non-hydrogen) atoms. The third kappa shape index (κ3) is 4.20. The molecule has 10 heteroatoms. The first-order chi connectivity index (χ1) is 15.2. The van der Waals surface area contributed by atoms with Crippen LogP contribution in [0.4, 0.5) is 19.7 Å². The number of likely N-dealkylation sites (tertiary alicyclic amines) is 1. The van der Waals surface area contributed by atoms with Gasteiger partial charge in [-0.1, -0.05) is 13.8 Å². The lowest BCUT2D eigenvalue weighted by Crippen LogP contribution is -2.51. The van der Waals surface area contributed by atoms with Crippen LogP contribution in [-0.2, 0) is 0 Å². The van der Waals surface area contributed by atoms with Crippen molar-refractivity contribution in [3.8, 4) is 0 Å². The van der Waals surface area contributed by atoms with Crippen molar-refractivity contribution in [2.24, 2.45) is 11.7 Å². The number of halogens is 1. The van der Waals surface area contributed by atoms with Gasteiger partial charge in [0.25, 0.3) is 0 Å². The molecule has 4 N–H and O–H groups in total. The van der Waals surface area contributed by atoms with Gasteiger partial charge in [-0.25, -0.2) is 23.9 Å². The lowest BCUT2D eigenvalue weighted by molar-refractivity contribution is 0.157. The number of aryl methyl sites for hydroxylation is 1. The van der Waals surface area contributed by atoms with Crippen molar-refractivity contribution < 1.29 is 18.4 Å². The number of nitrogens with one attached hydrogen (secondary N) is 2. The van der Waals surface area contributed by atoms with Crippen LogP contribution < -0.4 is 16.4 Å². The van der Waals surface area contributed by atoms with Crippen molar-refractivity contribution in [3.63, 3.8) is 0 Å². The second-order valence-electron chi connectivity index (χ2n) is 8.32. The highest BCUT2D eigenvalue weighted by atomic mass is 19.1. The maximum Gasteiger partial charge on any atom is 0.319 e. The molecule has 0 radical (unpaired) electrons. The molecule has 1 atom stereocenters. The molecule has 9 nitrogen and oxygen atoms in total. The Bertz CT molecular complexity index is 1150. The Hall–Kier alpha value is -3.69. The molecule has 0 spiro atoms. The van der Waals surface area contributed by atoms with E-state index in [1.54, 1.807) is 6.07 Å². The molecule has 1 aromatic carbocycles. The number of aromatic nitrogens is 2. The number of nitrogens with two attached hydrogens (primary N) is 1. The Morgan fingerprint density at radius 1 is 1.25 bits per heavy atom. The molecule has 0 bridgehead atoms. The fraction of sp³-hybridized carbons (Fsp3) is 0.364. The number of fused-ring (bicyclic) bond motifs is 1. The molecule has 2 aromatic heterocycles. The third-order valence-electron chi connectivity index (χ3n) is 5.66. The lowest BCUT2D eigenvalue weighted by Gasteiger charge is -2.36. The normalized spacial score (nSPS) is 15.0. The van der Waals surface area contributed by atoms with E-state index in [-0.39, 0.29) is 17.7 Å². The summed E-state index contributed by atoms with van der Waals surface area (Å²) in [5.41, 5.74) is 7.02. The molecule has 1 aliphatic heterocycles. The van der Waals surface area contributed by atoms with Crippen LogP contribution in [0, 0.1) is 18.7 Å². The highest BCUT2D eigenvalue weighted by Crippen LogP contribution is 2.33. The van der Waals surface area contributed by atoms with E-state index in [2.05, 4.69) is 20.6 Å². The van der Waals surface area contributed by atoms with Crippen LogP contribution in [0.2, 0.25) is 0 Å². The zero-order chi connectivity index (χ0) is 23.0. The number of furan rings is 1. The second kappa shape index (κ2) is 8.45. The van der Waals surface area contributed by atoms with Gasteiger partial charge in [0.1, 0.15) is 23.0 Å². The number of amides is 4. The van der Waals surface area contributed by atoms with Crippen molar-refractivity contribution in [2.45, 2.75) is 32.7 Å². The van der Waals surface area contributed by atoms with Crippen molar-refractivity contribution in [1.29, 1.82) is 0 Å². The fourth-order valence-electron chi connectivity index (χ4n) is 3.79. The Labute approximate surface area is 184 Å². The number of nitrogens with zero attached hydrogens (tertiary/aromatic N) is 3. The van der Waals surface area contributed by atoms with E-state index in [1.165, 1.54) is 29.4 Å². The molecule has 3 aromatic rings. The minimum atomic E-state index is -0.458. The van der Waals surface area contributed by atoms with Gasteiger partial charge in [0.05, 0.1) is 30.0 Å². The van der Waals surface area contributed by atoms with Crippen LogP contribution in [0.1, 0.15) is 43.0 Å². The minimum Gasteiger partial charge on any atom is -0.459 e. The molecular formula is C22H25FN6O3. The summed E-state index contributed by atoms with van der Waals surface area (Å²) in [6.07, 6.45) is 3.04. The van der Waals surface area contributed by atoms with Crippen LogP contribution in [0.3, 0.4) is 0 Å². The maximum absolute atomic E-state index is 13.6. The summed E-state index contributed by atoms with van der Waals surface area (Å²) in [4.78, 5) is 33.8. The fourth-order valence-corrected chi connectivity index (χ4v) is 3.79. The van der Waals surface area contributed by atoms with Gasteiger partial charge >= 0.3 is 12.1 Å². The number of rotatable bonds is 5. The number of primary amides is 1. The monoisotopic (exact) mass is 440 g/mol. The topological polar surface area (TPSA) is 126 Å². The zero-order valence-electron chi connectivity index (χ0n) is 18.1. The van der Waals surface area contributed by atoms with E-state index in [9.17, 15) is 14.0 Å². The smallest absolute Gasteiger partial charge is 0.319 e. The van der Waals surface area contributed by atoms with Gasteiger partial charge in [-0.2, -0.15) is 0 Å². The van der Waals surface area contributed by atoms with E-state index >= 15 is 0 Å². The molecule has 1 aliphatic rings. The van der Waals surface area contributed by atoms with Crippen molar-refractivity contribution in [3.05, 3.63) is 53.6 Å². The molecule has 4 rings (SSSR count). The highest BCUT2D eigenvalue weighted by molar-refractivity contribution is 5.89. The Morgan fingerprint density at radius 3 is 2.56 bits per heavy atom. The maximum atomic E-state index is 13.6. The van der Waals surface area contributed by atoms with Gasteiger partial charge in [0.2, 0.25) is 0 Å². The van der Waals surface area contributed by atoms with Gasteiger partial charge < -0.3 is 25.7 Å². The largest absolute Gasteiger partial charge is 0.459 e. The van der Waals surface area contributed by atoms with Crippen LogP contribution >= 0.6 is 0 Å². The number of hydrogen-bond acceptors (Lipinski definition) is 5. The molecule has 168 valence electrons. The summed E-state index contributed by atoms with van der Waals surface area (Å²) in [6, 6.07) is 3.05. The number of carbonyl (C=O) groups excluding carboxylic acids is 2. The van der Waals surface area contributed by atoms with E-state index < -0.39 is 18.1 Å². The summed E-state index contributed by atoms with van der Waals surface area (Å²) in [7, 11) is 0. The summed E-state index contributed by atoms with van der Waals surface area (Å²) in [5, 5.41) is 6.33. The molecule has 4 amide bonds. The van der Waals surface area contributed by atoms with Gasteiger partial charge in [-0.3, -0.25) is 0 Å². The van der Waals surface area contributed by atoms with Gasteiger partial charge in [-0.15, -0.1) is 0 Å². The van der Waals surface area contributed by atoms with E-state index in [1.807, 2.05) is 20.8 Å². The molecule has 1 fully saturated rings. The summed E-state index contributed by atoms with van der Waals surface area (Å²) in [6.45, 7) is 6.74. The van der Waals surface area contributed by atoms with Crippen molar-refractivity contribution in [2.75, 3.05) is 18.4 Å². The molecule has 0 unspecified atom stereocenters. The minimum absolute atomic E-state index is 0.0234. The van der Waals surface area contributed by atoms with E-state index in [0.29, 0.717) is 41.3 Å². The Kier molecular flexibility index (Phi) is 5.68. The number of urea groups is 2. The first kappa shape index (κ1) is 21.5. The molecule has 0 aliphatic carbocycles. The number of anilines is 1. The van der Waals surface area contributed by atoms with Crippen LogP contribution in [0.15, 0.2) is 35.0 Å². The SMILES string of the molecule is Cc1c([C@@H](NC(=O)Nc2cnc(C3CN(C(N)=O)C3)nc2)C(C)C)oc2ccc(F)cc12. The van der Waals surface area contributed by atoms with Gasteiger partial charge in [0, 0.05) is 24.0 Å². The van der Waals surface area contributed by atoms with Gasteiger partial charge in [-0.05, 0) is 31.0 Å². The first-order valence-corrected chi connectivity index (χ1v) is 10.3. The molecular weight excluding hydrogens is 415 g/mol. The number of hydrogen-bond donors (Lipinski definition) is 3. The summed E-state index contributed by atoms with van der Waals surface area (Å²) < 4.78 is 19.6. The zero-order valence-corrected chi connectivity index (χ0v) is 18.1. The highest BCUT2D eigenvalue weighted by Gasteiger charge is 2.32. The van der Waals surface area contributed by atoms with Crippen LogP contribution in [0.5, 0.6) is 0 Å². The van der Waals surface area contributed by atoms with Crippen molar-refractivity contribution >= 4 is 28.7 Å². The molecule has 3 heterocycles. The van der Waals surface area contributed by atoms with E-state index in [0.717, 1.165) is 5.56 Å². The number of benzene rings is 1. The van der Waals surface area contributed by atoms with Crippen LogP contribution in [0.25, 0.3) is 11.0 Å². The molecule has 0 saturated carbocycles. The average Bonchev–Trinajstić information content (AvgIpc) is 3.01. The van der Waals surface area contributed by atoms with Crippen molar-refractivity contribution in [1.82, 2.24) is 20.2 Å². The average molecular weight is 440 g/mol. The van der Waals surface area contributed by atoms with Gasteiger partial charge in [0.15, 0.2) is 0 Å². The predicted molar refractivity (Wildman–Crippen MR) is 117 cm³/mol. The number of carbonyl (C=O) groups is 2.